The van der Waals surface area contributed by atoms with E-state index < -0.39 is 54.2 Å². The number of halogens is 6. The molecule has 0 radical (unpaired) electrons. The maximum atomic E-state index is 12.7. The first kappa shape index (κ1) is 17.0. The number of ether oxygens (including phenoxy) is 1. The maximum Gasteiger partial charge on any atom is 0.573 e. The van der Waals surface area contributed by atoms with Crippen molar-refractivity contribution in [2.75, 3.05) is 0 Å². The molecule has 0 saturated heterocycles. The molecule has 0 aliphatic heterocycles. The van der Waals surface area contributed by atoms with Crippen LogP contribution in [0.1, 0.15) is 17.0 Å². The predicted octanol–water partition coefficient (Wildman–Crippen LogP) is 2.08. The summed E-state index contributed by atoms with van der Waals surface area (Å²) in [6, 6.07) is 0.390. The van der Waals surface area contributed by atoms with Gasteiger partial charge in [0.15, 0.2) is 5.75 Å². The Morgan fingerprint density at radius 3 is 2.24 bits per heavy atom. The van der Waals surface area contributed by atoms with Crippen LogP contribution in [-0.4, -0.2) is 22.4 Å². The number of aromatic nitrogens is 1. The number of aliphatic carboxylic acids is 1. The predicted molar refractivity (Wildman–Crippen MR) is 55.2 cm³/mol. The van der Waals surface area contributed by atoms with Crippen molar-refractivity contribution < 1.29 is 41.0 Å². The molecule has 0 fully saturated rings. The Hall–Kier alpha value is -2.04. The van der Waals surface area contributed by atoms with Crippen molar-refractivity contribution in [3.63, 3.8) is 0 Å². The molecule has 118 valence electrons. The van der Waals surface area contributed by atoms with Crippen molar-refractivity contribution in [1.29, 1.82) is 0 Å². The van der Waals surface area contributed by atoms with E-state index in [0.717, 1.165) is 0 Å². The lowest BCUT2D eigenvalue weighted by Crippen LogP contribution is -2.22. The Morgan fingerprint density at radius 2 is 1.86 bits per heavy atom. The highest BCUT2D eigenvalue weighted by Gasteiger charge is 2.38. The average molecular weight is 318 g/mol. The molecular weight excluding hydrogens is 310 g/mol. The number of nitrogens with zero attached hydrogens (tertiary/aromatic N) is 1. The minimum absolute atomic E-state index is 0.390. The molecule has 1 aromatic heterocycles. The number of rotatable bonds is 4. The molecule has 21 heavy (non-hydrogen) atoms. The van der Waals surface area contributed by atoms with E-state index in [2.05, 4.69) is 9.72 Å². The summed E-state index contributed by atoms with van der Waals surface area (Å²) in [5.74, 6) is -2.79. The fraction of sp³-hybridized carbons (Fsp3) is 0.400. The van der Waals surface area contributed by atoms with Crippen molar-refractivity contribution in [3.05, 3.63) is 23.0 Å². The van der Waals surface area contributed by atoms with Gasteiger partial charge in [-0.1, -0.05) is 0 Å². The molecule has 0 spiro atoms. The SMILES string of the molecule is NCc1cc(OC(F)(F)F)c(CC(=O)O)nc1C(F)(F)F. The second-order valence-electron chi connectivity index (χ2n) is 3.76. The van der Waals surface area contributed by atoms with Crippen LogP contribution in [-0.2, 0) is 23.9 Å². The highest BCUT2D eigenvalue weighted by molar-refractivity contribution is 5.70. The smallest absolute Gasteiger partial charge is 0.481 e. The monoisotopic (exact) mass is 318 g/mol. The lowest BCUT2D eigenvalue weighted by Gasteiger charge is -2.17. The first-order valence-electron chi connectivity index (χ1n) is 5.21. The summed E-state index contributed by atoms with van der Waals surface area (Å²) in [6.45, 7) is -0.747. The zero-order valence-corrected chi connectivity index (χ0v) is 10.0. The minimum Gasteiger partial charge on any atom is -0.481 e. The molecule has 0 aromatic carbocycles. The van der Waals surface area contributed by atoms with Crippen molar-refractivity contribution >= 4 is 5.97 Å². The number of alkyl halides is 6. The summed E-state index contributed by atoms with van der Waals surface area (Å²) < 4.78 is 78.1. The summed E-state index contributed by atoms with van der Waals surface area (Å²) in [4.78, 5) is 13.4. The van der Waals surface area contributed by atoms with E-state index >= 15 is 0 Å². The largest absolute Gasteiger partial charge is 0.573 e. The molecule has 0 amide bonds. The Bertz CT molecular complexity index is 541. The van der Waals surface area contributed by atoms with Crippen molar-refractivity contribution in [2.24, 2.45) is 5.73 Å². The lowest BCUT2D eigenvalue weighted by atomic mass is 10.1. The standard InChI is InChI=1S/C10H8F6N2O3/c11-9(12,13)8-4(3-17)1-6(21-10(14,15)16)5(18-8)2-7(19)20/h1H,2-3,17H2,(H,19,20). The Kier molecular flexibility index (Phi) is 4.66. The van der Waals surface area contributed by atoms with Crippen LogP contribution in [0, 0.1) is 0 Å². The molecule has 0 saturated carbocycles. The molecule has 0 aliphatic rings. The van der Waals surface area contributed by atoms with Gasteiger partial charge >= 0.3 is 18.5 Å². The fourth-order valence-corrected chi connectivity index (χ4v) is 1.46. The van der Waals surface area contributed by atoms with E-state index in [1.807, 2.05) is 0 Å². The Morgan fingerprint density at radius 1 is 1.29 bits per heavy atom. The normalized spacial score (nSPS) is 12.3. The summed E-state index contributed by atoms with van der Waals surface area (Å²) in [5.41, 5.74) is 1.76. The molecule has 1 aromatic rings. The van der Waals surface area contributed by atoms with Gasteiger partial charge in [-0.25, -0.2) is 4.98 Å². The van der Waals surface area contributed by atoms with Crippen LogP contribution >= 0.6 is 0 Å². The number of nitrogens with two attached hydrogens (primary N) is 1. The van der Waals surface area contributed by atoms with Crippen molar-refractivity contribution in [3.8, 4) is 5.75 Å². The molecule has 0 unspecified atom stereocenters. The first-order chi connectivity index (χ1) is 9.44. The molecule has 0 bridgehead atoms. The van der Waals surface area contributed by atoms with Gasteiger partial charge in [-0.2, -0.15) is 13.2 Å². The van der Waals surface area contributed by atoms with Crippen LogP contribution in [0.5, 0.6) is 5.75 Å². The van der Waals surface area contributed by atoms with Gasteiger partial charge in [0.25, 0.3) is 0 Å². The van der Waals surface area contributed by atoms with Gasteiger partial charge in [-0.05, 0) is 6.07 Å². The van der Waals surface area contributed by atoms with E-state index in [1.165, 1.54) is 0 Å². The minimum atomic E-state index is -5.21. The van der Waals surface area contributed by atoms with Crippen LogP contribution in [0.25, 0.3) is 0 Å². The van der Waals surface area contributed by atoms with E-state index in [-0.39, 0.29) is 0 Å². The molecule has 1 rings (SSSR count). The van der Waals surface area contributed by atoms with Crippen LogP contribution in [0.2, 0.25) is 0 Å². The summed E-state index contributed by atoms with van der Waals surface area (Å²) >= 11 is 0. The highest BCUT2D eigenvalue weighted by Crippen LogP contribution is 2.35. The molecule has 3 N–H and O–H groups in total. The third kappa shape index (κ3) is 4.77. The number of pyridine rings is 1. The number of carbonyl (C=O) groups is 1. The Balaban J connectivity index is 3.44. The molecule has 0 aliphatic carbocycles. The van der Waals surface area contributed by atoms with Gasteiger partial charge < -0.3 is 15.6 Å². The topological polar surface area (TPSA) is 85.4 Å². The second-order valence-corrected chi connectivity index (χ2v) is 3.76. The first-order valence-corrected chi connectivity index (χ1v) is 5.21. The zero-order chi connectivity index (χ0) is 16.4. The summed E-state index contributed by atoms with van der Waals surface area (Å²) in [5, 5.41) is 8.53. The number of hydrogen-bond acceptors (Lipinski definition) is 4. The fourth-order valence-electron chi connectivity index (χ4n) is 1.46. The van der Waals surface area contributed by atoms with Gasteiger partial charge in [-0.15, -0.1) is 13.2 Å². The van der Waals surface area contributed by atoms with E-state index in [0.29, 0.717) is 6.07 Å². The van der Waals surface area contributed by atoms with Gasteiger partial charge in [0.1, 0.15) is 5.69 Å². The molecule has 1 heterocycles. The highest BCUT2D eigenvalue weighted by atomic mass is 19.4. The van der Waals surface area contributed by atoms with Gasteiger partial charge in [0.05, 0.1) is 12.1 Å². The summed E-state index contributed by atoms with van der Waals surface area (Å²) in [7, 11) is 0. The van der Waals surface area contributed by atoms with Crippen molar-refractivity contribution in [1.82, 2.24) is 4.98 Å². The zero-order valence-electron chi connectivity index (χ0n) is 10.0. The van der Waals surface area contributed by atoms with E-state index in [9.17, 15) is 31.1 Å². The van der Waals surface area contributed by atoms with Gasteiger partial charge in [-0.3, -0.25) is 4.79 Å². The molecule has 5 nitrogen and oxygen atoms in total. The van der Waals surface area contributed by atoms with Crippen LogP contribution < -0.4 is 10.5 Å². The van der Waals surface area contributed by atoms with Gasteiger partial charge in [0, 0.05) is 12.1 Å². The average Bonchev–Trinajstić information content (AvgIpc) is 2.26. The number of hydrogen-bond donors (Lipinski definition) is 2. The number of carboxylic acids is 1. The number of carboxylic acid groups (broad SMARTS) is 1. The maximum absolute atomic E-state index is 12.7. The lowest BCUT2D eigenvalue weighted by molar-refractivity contribution is -0.275. The van der Waals surface area contributed by atoms with E-state index in [4.69, 9.17) is 10.8 Å². The third-order valence-electron chi connectivity index (χ3n) is 2.17. The summed E-state index contributed by atoms with van der Waals surface area (Å²) in [6.07, 6.45) is -11.4. The Labute approximate surface area is 113 Å². The van der Waals surface area contributed by atoms with Crippen LogP contribution in [0.15, 0.2) is 6.07 Å². The third-order valence-corrected chi connectivity index (χ3v) is 2.17. The van der Waals surface area contributed by atoms with Gasteiger partial charge in [0.2, 0.25) is 0 Å². The van der Waals surface area contributed by atoms with Crippen LogP contribution in [0.4, 0.5) is 26.3 Å². The van der Waals surface area contributed by atoms with E-state index in [1.54, 1.807) is 0 Å². The molecular formula is C10H8F6N2O3. The molecule has 0 atom stereocenters. The van der Waals surface area contributed by atoms with Crippen LogP contribution in [0.3, 0.4) is 0 Å². The second kappa shape index (κ2) is 5.76. The van der Waals surface area contributed by atoms with Crippen molar-refractivity contribution in [2.45, 2.75) is 25.5 Å². The molecule has 11 heteroatoms. The quantitative estimate of drug-likeness (QED) is 0.830.